The van der Waals surface area contributed by atoms with Gasteiger partial charge in [-0.1, -0.05) is 54.2 Å². The molecule has 1 atom stereocenters. The van der Waals surface area contributed by atoms with E-state index < -0.39 is 5.25 Å². The molecule has 0 fully saturated rings. The van der Waals surface area contributed by atoms with E-state index in [0.29, 0.717) is 22.7 Å². The molecule has 0 bridgehead atoms. The Kier molecular flexibility index (Phi) is 5.96. The summed E-state index contributed by atoms with van der Waals surface area (Å²) >= 11 is 1.25. The summed E-state index contributed by atoms with van der Waals surface area (Å²) in [6, 6.07) is 16.6. The number of carbonyl (C=O) groups excluding carboxylic acids is 1. The van der Waals surface area contributed by atoms with Crippen molar-refractivity contribution >= 4 is 28.6 Å². The van der Waals surface area contributed by atoms with Gasteiger partial charge in [0.1, 0.15) is 5.25 Å². The van der Waals surface area contributed by atoms with Gasteiger partial charge in [0.15, 0.2) is 5.16 Å². The van der Waals surface area contributed by atoms with Crippen LogP contribution in [0, 0.1) is 0 Å². The lowest BCUT2D eigenvalue weighted by Crippen LogP contribution is -2.26. The molecule has 3 rings (SSSR count). The molecule has 0 radical (unpaired) electrons. The maximum atomic E-state index is 13.0. The fourth-order valence-electron chi connectivity index (χ4n) is 2.87. The number of benzene rings is 2. The van der Waals surface area contributed by atoms with Crippen LogP contribution in [-0.4, -0.2) is 22.1 Å². The molecule has 0 aliphatic heterocycles. The van der Waals surface area contributed by atoms with Gasteiger partial charge in [0.05, 0.1) is 17.5 Å². The molecular formula is C21H22N2O3S. The molecule has 0 amide bonds. The van der Waals surface area contributed by atoms with E-state index in [1.807, 2.05) is 62.4 Å². The Bertz CT molecular complexity index is 999. The second kappa shape index (κ2) is 8.39. The van der Waals surface area contributed by atoms with Crippen molar-refractivity contribution in [2.75, 3.05) is 6.61 Å². The highest BCUT2D eigenvalue weighted by Crippen LogP contribution is 2.36. The quantitative estimate of drug-likeness (QED) is 0.360. The standard InChI is InChI=1S/C21H22N2O3S/c1-4-26-20(25)18(15-10-6-5-7-11-15)27-21-22-17-13-9-8-12-16(17)19(24)23(21)14(2)3/h5-14,18H,4H2,1-3H3/t18-/m1/s1. The molecular weight excluding hydrogens is 360 g/mol. The third-order valence-corrected chi connectivity index (χ3v) is 5.32. The van der Waals surface area contributed by atoms with Crippen LogP contribution in [0.3, 0.4) is 0 Å². The summed E-state index contributed by atoms with van der Waals surface area (Å²) in [7, 11) is 0. The Balaban J connectivity index is 2.13. The Morgan fingerprint density at radius 1 is 1.11 bits per heavy atom. The van der Waals surface area contributed by atoms with Crippen molar-refractivity contribution in [2.45, 2.75) is 37.2 Å². The smallest absolute Gasteiger partial charge is 0.324 e. The summed E-state index contributed by atoms with van der Waals surface area (Å²) in [6.07, 6.45) is 0. The van der Waals surface area contributed by atoms with E-state index in [4.69, 9.17) is 4.74 Å². The van der Waals surface area contributed by atoms with Crippen molar-refractivity contribution in [1.82, 2.24) is 9.55 Å². The minimum Gasteiger partial charge on any atom is -0.465 e. The summed E-state index contributed by atoms with van der Waals surface area (Å²) in [4.78, 5) is 30.3. The molecule has 0 saturated heterocycles. The molecule has 3 aromatic rings. The van der Waals surface area contributed by atoms with Gasteiger partial charge in [-0.15, -0.1) is 0 Å². The molecule has 0 aliphatic rings. The second-order valence-electron chi connectivity index (χ2n) is 6.34. The number of carbonyl (C=O) groups is 1. The van der Waals surface area contributed by atoms with Crippen LogP contribution in [0.25, 0.3) is 10.9 Å². The largest absolute Gasteiger partial charge is 0.465 e. The van der Waals surface area contributed by atoms with Crippen LogP contribution in [0.5, 0.6) is 0 Å². The van der Waals surface area contributed by atoms with Crippen molar-refractivity contribution in [3.05, 3.63) is 70.5 Å². The maximum Gasteiger partial charge on any atom is 0.324 e. The molecule has 140 valence electrons. The third kappa shape index (κ3) is 4.06. The summed E-state index contributed by atoms with van der Waals surface area (Å²) in [6.45, 7) is 5.95. The first-order valence-electron chi connectivity index (χ1n) is 8.92. The molecule has 0 N–H and O–H groups in total. The summed E-state index contributed by atoms with van der Waals surface area (Å²) in [5, 5.41) is 0.489. The Hall–Kier alpha value is -2.60. The number of aromatic nitrogens is 2. The second-order valence-corrected chi connectivity index (χ2v) is 7.41. The number of nitrogens with zero attached hydrogens (tertiary/aromatic N) is 2. The van der Waals surface area contributed by atoms with Crippen molar-refractivity contribution in [3.8, 4) is 0 Å². The van der Waals surface area contributed by atoms with Crippen molar-refractivity contribution in [2.24, 2.45) is 0 Å². The zero-order valence-corrected chi connectivity index (χ0v) is 16.4. The van der Waals surface area contributed by atoms with E-state index in [0.717, 1.165) is 5.56 Å². The van der Waals surface area contributed by atoms with E-state index in [9.17, 15) is 9.59 Å². The van der Waals surface area contributed by atoms with Crippen molar-refractivity contribution in [3.63, 3.8) is 0 Å². The first kappa shape index (κ1) is 19.2. The average molecular weight is 382 g/mol. The predicted octanol–water partition coefficient (Wildman–Crippen LogP) is 4.37. The van der Waals surface area contributed by atoms with E-state index in [1.165, 1.54) is 11.8 Å². The summed E-state index contributed by atoms with van der Waals surface area (Å²) in [5.41, 5.74) is 1.34. The number of rotatable bonds is 6. The number of esters is 1. The number of thioether (sulfide) groups is 1. The highest BCUT2D eigenvalue weighted by atomic mass is 32.2. The third-order valence-electron chi connectivity index (χ3n) is 4.12. The normalized spacial score (nSPS) is 12.3. The average Bonchev–Trinajstić information content (AvgIpc) is 2.66. The van der Waals surface area contributed by atoms with E-state index >= 15 is 0 Å². The minimum atomic E-state index is -0.593. The van der Waals surface area contributed by atoms with E-state index in [-0.39, 0.29) is 17.6 Å². The minimum absolute atomic E-state index is 0.0873. The van der Waals surface area contributed by atoms with Gasteiger partial charge in [0.2, 0.25) is 0 Å². The summed E-state index contributed by atoms with van der Waals surface area (Å²) < 4.78 is 6.91. The number of para-hydroxylation sites is 1. The van der Waals surface area contributed by atoms with Gasteiger partial charge in [-0.05, 0) is 38.5 Å². The van der Waals surface area contributed by atoms with Gasteiger partial charge in [-0.25, -0.2) is 4.98 Å². The number of fused-ring (bicyclic) bond motifs is 1. The van der Waals surface area contributed by atoms with Crippen LogP contribution >= 0.6 is 11.8 Å². The molecule has 27 heavy (non-hydrogen) atoms. The van der Waals surface area contributed by atoms with Crippen LogP contribution in [0.4, 0.5) is 0 Å². The number of hydrogen-bond acceptors (Lipinski definition) is 5. The highest BCUT2D eigenvalue weighted by Gasteiger charge is 2.26. The number of ether oxygens (including phenoxy) is 1. The molecule has 5 nitrogen and oxygen atoms in total. The Morgan fingerprint density at radius 3 is 2.44 bits per heavy atom. The van der Waals surface area contributed by atoms with Gasteiger partial charge in [0.25, 0.3) is 5.56 Å². The highest BCUT2D eigenvalue weighted by molar-refractivity contribution is 8.00. The maximum absolute atomic E-state index is 13.0. The van der Waals surface area contributed by atoms with Gasteiger partial charge in [0, 0.05) is 6.04 Å². The van der Waals surface area contributed by atoms with Crippen molar-refractivity contribution in [1.29, 1.82) is 0 Å². The van der Waals surface area contributed by atoms with Gasteiger partial charge < -0.3 is 4.74 Å². The molecule has 0 aliphatic carbocycles. The van der Waals surface area contributed by atoms with Gasteiger partial charge >= 0.3 is 5.97 Å². The molecule has 1 aromatic heterocycles. The van der Waals surface area contributed by atoms with E-state index in [1.54, 1.807) is 17.6 Å². The van der Waals surface area contributed by atoms with Crippen LogP contribution in [-0.2, 0) is 9.53 Å². The van der Waals surface area contributed by atoms with Crippen molar-refractivity contribution < 1.29 is 9.53 Å². The molecule has 1 heterocycles. The van der Waals surface area contributed by atoms with E-state index in [2.05, 4.69) is 4.98 Å². The summed E-state index contributed by atoms with van der Waals surface area (Å²) in [5.74, 6) is -0.341. The van der Waals surface area contributed by atoms with Crippen LogP contribution in [0.2, 0.25) is 0 Å². The van der Waals surface area contributed by atoms with Crippen LogP contribution < -0.4 is 5.56 Å². The SMILES string of the molecule is CCOC(=O)[C@H](Sc1nc2ccccc2c(=O)n1C(C)C)c1ccccc1. The molecule has 2 aromatic carbocycles. The Labute approximate surface area is 162 Å². The first-order chi connectivity index (χ1) is 13.0. The van der Waals surface area contributed by atoms with Gasteiger partial charge in [-0.2, -0.15) is 0 Å². The fraction of sp³-hybridized carbons (Fsp3) is 0.286. The zero-order valence-electron chi connectivity index (χ0n) is 15.6. The van der Waals surface area contributed by atoms with Crippen LogP contribution in [0.15, 0.2) is 64.5 Å². The lowest BCUT2D eigenvalue weighted by Gasteiger charge is -2.20. The van der Waals surface area contributed by atoms with Crippen LogP contribution in [0.1, 0.15) is 37.6 Å². The number of hydrogen-bond donors (Lipinski definition) is 0. The topological polar surface area (TPSA) is 61.2 Å². The lowest BCUT2D eigenvalue weighted by molar-refractivity contribution is -0.142. The lowest BCUT2D eigenvalue weighted by atomic mass is 10.1. The fourth-order valence-corrected chi connectivity index (χ4v) is 4.09. The first-order valence-corrected chi connectivity index (χ1v) is 9.80. The zero-order chi connectivity index (χ0) is 19.4. The monoisotopic (exact) mass is 382 g/mol. The molecule has 6 heteroatoms. The van der Waals surface area contributed by atoms with Gasteiger partial charge in [-0.3, -0.25) is 14.2 Å². The molecule has 0 spiro atoms. The molecule has 0 unspecified atom stereocenters. The Morgan fingerprint density at radius 2 is 1.78 bits per heavy atom. The molecule has 0 saturated carbocycles. The predicted molar refractivity (Wildman–Crippen MR) is 108 cm³/mol.